The molecule has 3 aliphatic rings. The molecule has 3 aromatic carbocycles. The van der Waals surface area contributed by atoms with Crippen molar-refractivity contribution in [3.8, 4) is 11.1 Å². The Hall–Kier alpha value is -3.69. The molecule has 8 nitrogen and oxygen atoms in total. The molecule has 0 radical (unpaired) electrons. The third-order valence-corrected chi connectivity index (χ3v) is 9.77. The van der Waals surface area contributed by atoms with Crippen molar-refractivity contribution < 1.29 is 17.9 Å². The van der Waals surface area contributed by atoms with Gasteiger partial charge in [-0.1, -0.05) is 67.9 Å². The van der Waals surface area contributed by atoms with Crippen LogP contribution in [-0.4, -0.2) is 37.2 Å². The van der Waals surface area contributed by atoms with Gasteiger partial charge in [0.2, 0.25) is 0 Å². The molecular formula is C34H40N4O4S. The number of ether oxygens (including phenoxy) is 1. The number of para-hydroxylation sites is 2. The molecule has 1 amide bonds. The zero-order chi connectivity index (χ0) is 30.0. The average Bonchev–Trinajstić information content (AvgIpc) is 3.54. The molecule has 2 fully saturated rings. The highest BCUT2D eigenvalue weighted by atomic mass is 32.2. The van der Waals surface area contributed by atoms with E-state index in [-0.39, 0.29) is 5.91 Å². The molecule has 2 unspecified atom stereocenters. The van der Waals surface area contributed by atoms with Crippen LogP contribution >= 0.6 is 0 Å². The third-order valence-electron chi connectivity index (χ3n) is 8.78. The van der Waals surface area contributed by atoms with Crippen molar-refractivity contribution in [1.29, 1.82) is 0 Å². The zero-order valence-electron chi connectivity index (χ0n) is 24.9. The monoisotopic (exact) mass is 600 g/mol. The number of unbranched alkanes of at least 4 members (excludes halogenated alkanes) is 1. The number of anilines is 2. The summed E-state index contributed by atoms with van der Waals surface area (Å²) in [5.74, 6) is 2.41. The smallest absolute Gasteiger partial charge is 0.321 e. The van der Waals surface area contributed by atoms with Crippen molar-refractivity contribution >= 4 is 33.3 Å². The fraction of sp³-hybridized carbons (Fsp3) is 0.412. The van der Waals surface area contributed by atoms with Gasteiger partial charge in [0, 0.05) is 18.6 Å². The minimum atomic E-state index is -3.89. The maximum absolute atomic E-state index is 13.8. The quantitative estimate of drug-likeness (QED) is 0.226. The fourth-order valence-corrected chi connectivity index (χ4v) is 7.57. The van der Waals surface area contributed by atoms with E-state index in [0.717, 1.165) is 60.2 Å². The van der Waals surface area contributed by atoms with E-state index in [0.29, 0.717) is 43.0 Å². The van der Waals surface area contributed by atoms with Crippen LogP contribution in [-0.2, 0) is 32.9 Å². The Morgan fingerprint density at radius 1 is 0.953 bits per heavy atom. The molecule has 6 rings (SSSR count). The molecule has 43 heavy (non-hydrogen) atoms. The van der Waals surface area contributed by atoms with Crippen LogP contribution in [0.1, 0.15) is 63.5 Å². The Balaban J connectivity index is 1.27. The van der Waals surface area contributed by atoms with Gasteiger partial charge in [0.25, 0.3) is 5.91 Å². The van der Waals surface area contributed by atoms with Crippen LogP contribution in [0.2, 0.25) is 0 Å². The number of benzene rings is 3. The first-order valence-corrected chi connectivity index (χ1v) is 16.8. The van der Waals surface area contributed by atoms with E-state index in [1.54, 1.807) is 36.4 Å². The number of hydrogen-bond donors (Lipinski definition) is 2. The first-order chi connectivity index (χ1) is 20.8. The minimum Gasteiger partial charge on any atom is -0.377 e. The van der Waals surface area contributed by atoms with Crippen molar-refractivity contribution in [2.75, 3.05) is 16.1 Å². The zero-order valence-corrected chi connectivity index (χ0v) is 25.7. The molecule has 0 aromatic heterocycles. The van der Waals surface area contributed by atoms with Gasteiger partial charge in [-0.05, 0) is 79.3 Å². The molecule has 0 bridgehead atoms. The molecule has 2 N–H and O–H groups in total. The highest BCUT2D eigenvalue weighted by Crippen LogP contribution is 2.59. The van der Waals surface area contributed by atoms with E-state index in [2.05, 4.69) is 22.4 Å². The van der Waals surface area contributed by atoms with Gasteiger partial charge in [-0.2, -0.15) is 8.42 Å². The molecule has 1 heterocycles. The molecule has 2 saturated carbocycles. The maximum Gasteiger partial charge on any atom is 0.321 e. The second kappa shape index (κ2) is 12.1. The van der Waals surface area contributed by atoms with E-state index >= 15 is 0 Å². The van der Waals surface area contributed by atoms with Crippen LogP contribution in [0, 0.1) is 11.8 Å². The summed E-state index contributed by atoms with van der Waals surface area (Å²) in [4.78, 5) is 20.9. The summed E-state index contributed by atoms with van der Waals surface area (Å²) >= 11 is 0. The number of amides is 1. The second-order valence-corrected chi connectivity index (χ2v) is 13.4. The summed E-state index contributed by atoms with van der Waals surface area (Å²) in [5.41, 5.74) is 3.93. The number of nitrogens with one attached hydrogen (secondary N) is 2. The van der Waals surface area contributed by atoms with E-state index in [1.807, 2.05) is 42.2 Å². The Labute approximate surface area is 254 Å². The number of aliphatic imine (C=N–C) groups is 1. The summed E-state index contributed by atoms with van der Waals surface area (Å²) < 4.78 is 37.2. The second-order valence-electron chi connectivity index (χ2n) is 12.0. The van der Waals surface area contributed by atoms with Gasteiger partial charge >= 0.3 is 10.2 Å². The Morgan fingerprint density at radius 3 is 2.44 bits per heavy atom. The standard InChI is InChI=1S/C34H40N4O4S/c1-3-5-15-32-35-34(20-25-19-26(25)21-34)33(39)38(32)22-24-16-17-29(27(18-24)23-42-4-2)30-13-9-10-14-31(30)37-43(40,41)36-28-11-7-6-8-12-28/h6-14,16-18,25-26,36-37H,3-5,15,19-23H2,1-2H3/t25-,26?,34?/m1/s1. The van der Waals surface area contributed by atoms with Gasteiger partial charge in [0.1, 0.15) is 11.4 Å². The lowest BCUT2D eigenvalue weighted by Crippen LogP contribution is -2.41. The van der Waals surface area contributed by atoms with Crippen molar-refractivity contribution in [2.45, 2.75) is 71.1 Å². The van der Waals surface area contributed by atoms with Crippen LogP contribution in [0.3, 0.4) is 0 Å². The number of fused-ring (bicyclic) bond motifs is 1. The lowest BCUT2D eigenvalue weighted by molar-refractivity contribution is -0.131. The van der Waals surface area contributed by atoms with Gasteiger partial charge in [-0.15, -0.1) is 0 Å². The van der Waals surface area contributed by atoms with E-state index in [1.165, 1.54) is 6.42 Å². The van der Waals surface area contributed by atoms with Gasteiger partial charge in [0.05, 0.1) is 24.5 Å². The molecular weight excluding hydrogens is 560 g/mol. The number of hydrogen-bond acceptors (Lipinski definition) is 5. The fourth-order valence-electron chi connectivity index (χ4n) is 6.60. The number of carbonyl (C=O) groups is 1. The van der Waals surface area contributed by atoms with E-state index in [9.17, 15) is 13.2 Å². The largest absolute Gasteiger partial charge is 0.377 e. The first kappa shape index (κ1) is 29.4. The van der Waals surface area contributed by atoms with Gasteiger partial charge in [-0.25, -0.2) is 0 Å². The maximum atomic E-state index is 13.8. The van der Waals surface area contributed by atoms with E-state index in [4.69, 9.17) is 9.73 Å². The lowest BCUT2D eigenvalue weighted by atomic mass is 9.93. The lowest BCUT2D eigenvalue weighted by Gasteiger charge is -2.24. The molecule has 0 saturated heterocycles. The van der Waals surface area contributed by atoms with Gasteiger partial charge < -0.3 is 4.74 Å². The van der Waals surface area contributed by atoms with Gasteiger partial charge in [0.15, 0.2) is 0 Å². The molecule has 9 heteroatoms. The molecule has 2 aliphatic carbocycles. The van der Waals surface area contributed by atoms with Crippen LogP contribution in [0.5, 0.6) is 0 Å². The van der Waals surface area contributed by atoms with E-state index < -0.39 is 15.7 Å². The summed E-state index contributed by atoms with van der Waals surface area (Å²) in [6.45, 7) is 5.48. The number of nitrogens with zero attached hydrogens (tertiary/aromatic N) is 2. The van der Waals surface area contributed by atoms with Crippen molar-refractivity contribution in [3.05, 3.63) is 83.9 Å². The van der Waals surface area contributed by atoms with Crippen molar-refractivity contribution in [1.82, 2.24) is 4.90 Å². The molecule has 226 valence electrons. The number of rotatable bonds is 13. The van der Waals surface area contributed by atoms with Crippen LogP contribution in [0.25, 0.3) is 11.1 Å². The van der Waals surface area contributed by atoms with Crippen molar-refractivity contribution in [3.63, 3.8) is 0 Å². The van der Waals surface area contributed by atoms with Crippen LogP contribution < -0.4 is 9.44 Å². The summed E-state index contributed by atoms with van der Waals surface area (Å²) in [7, 11) is -3.89. The predicted molar refractivity (Wildman–Crippen MR) is 171 cm³/mol. The summed E-state index contributed by atoms with van der Waals surface area (Å²) in [6.07, 6.45) is 5.90. The molecule has 1 spiro atoms. The topological polar surface area (TPSA) is 100 Å². The highest BCUT2D eigenvalue weighted by Gasteiger charge is 2.61. The average molecular weight is 601 g/mol. The predicted octanol–water partition coefficient (Wildman–Crippen LogP) is 6.76. The summed E-state index contributed by atoms with van der Waals surface area (Å²) in [5, 5.41) is 0. The minimum absolute atomic E-state index is 0.159. The Bertz CT molecular complexity index is 1610. The highest BCUT2D eigenvalue weighted by molar-refractivity contribution is 7.94. The molecule has 1 aliphatic heterocycles. The van der Waals surface area contributed by atoms with Gasteiger partial charge in [-0.3, -0.25) is 24.1 Å². The number of amidine groups is 1. The van der Waals surface area contributed by atoms with Crippen LogP contribution in [0.15, 0.2) is 77.8 Å². The Kier molecular flexibility index (Phi) is 8.29. The van der Waals surface area contributed by atoms with Crippen LogP contribution in [0.4, 0.5) is 11.4 Å². The van der Waals surface area contributed by atoms with Crippen molar-refractivity contribution in [2.24, 2.45) is 16.8 Å². The molecule has 3 aromatic rings. The SMILES string of the molecule is CCCCC1=NC2(CC3C[C@@H]3C2)C(=O)N1Cc1ccc(-c2ccccc2NS(=O)(=O)Nc2ccccc2)c(COCC)c1. The number of carbonyl (C=O) groups excluding carboxylic acids is 1. The third kappa shape index (κ3) is 6.33. The molecule has 3 atom stereocenters. The normalized spacial score (nSPS) is 22.5. The Morgan fingerprint density at radius 2 is 1.70 bits per heavy atom. The summed E-state index contributed by atoms with van der Waals surface area (Å²) in [6, 6.07) is 22.2. The first-order valence-electron chi connectivity index (χ1n) is 15.4.